The summed E-state index contributed by atoms with van der Waals surface area (Å²) in [6.07, 6.45) is 51.2. The van der Waals surface area contributed by atoms with E-state index in [9.17, 15) is 19.5 Å². The number of quaternary nitrogens is 1. The van der Waals surface area contributed by atoms with Crippen LogP contribution in [-0.4, -0.2) is 80.6 Å². The molecule has 0 aromatic carbocycles. The van der Waals surface area contributed by atoms with Crippen molar-refractivity contribution in [1.82, 2.24) is 0 Å². The van der Waals surface area contributed by atoms with Gasteiger partial charge in [0.2, 0.25) is 0 Å². The van der Waals surface area contributed by atoms with Crippen LogP contribution in [0.5, 0.6) is 0 Å². The maximum atomic E-state index is 12.7. The summed E-state index contributed by atoms with van der Waals surface area (Å²) in [6.45, 7) is 4.59. The van der Waals surface area contributed by atoms with Crippen molar-refractivity contribution in [2.45, 2.75) is 206 Å². The summed E-state index contributed by atoms with van der Waals surface area (Å²) in [7, 11) is 5.51. The second-order valence-electron chi connectivity index (χ2n) is 17.0. The van der Waals surface area contributed by atoms with Crippen LogP contribution in [0, 0.1) is 0 Å². The molecule has 2 unspecified atom stereocenters. The third-order valence-electron chi connectivity index (χ3n) is 10.4. The first-order chi connectivity index (χ1) is 28.6. The minimum absolute atomic E-state index is 0.0450. The fourth-order valence-corrected chi connectivity index (χ4v) is 6.72. The number of carbonyl (C=O) groups excluding carboxylic acids is 2. The highest BCUT2D eigenvalue weighted by atomic mass is 16.6. The lowest BCUT2D eigenvalue weighted by molar-refractivity contribution is -0.887. The second kappa shape index (κ2) is 41.8. The molecular formula is C51H90NO7+. The highest BCUT2D eigenvalue weighted by Gasteiger charge is 2.31. The van der Waals surface area contributed by atoms with E-state index in [1.807, 2.05) is 21.1 Å². The zero-order valence-corrected chi connectivity index (χ0v) is 38.7. The van der Waals surface area contributed by atoms with Gasteiger partial charge in [-0.15, -0.1) is 0 Å². The molecule has 8 heteroatoms. The molecule has 0 heterocycles. The predicted octanol–water partition coefficient (Wildman–Crippen LogP) is 13.4. The Morgan fingerprint density at radius 3 is 1.44 bits per heavy atom. The van der Waals surface area contributed by atoms with Crippen LogP contribution in [0.15, 0.2) is 60.8 Å². The number of ether oxygens (including phenoxy) is 3. The number of rotatable bonds is 42. The van der Waals surface area contributed by atoms with E-state index in [2.05, 4.69) is 74.6 Å². The fraction of sp³-hybridized carbons (Fsp3) is 0.745. The summed E-state index contributed by atoms with van der Waals surface area (Å²) in [5, 5.41) is 9.63. The zero-order valence-electron chi connectivity index (χ0n) is 38.7. The standard InChI is InChI=1S/C51H89NO7/c1-6-8-10-12-14-16-18-20-22-24-25-26-28-29-31-33-35-37-39-41-49(53)58-46-47(45-57-44-43-48(51(55)56)52(3,4)5)59-50(54)42-40-38-36-34-32-30-27-23-21-19-17-15-13-11-9-7-2/h9,11,15,17,21,23-25,30,32,47-48H,6-8,10,12-14,16,18-20,22,26-29,31,33-46H2,1-5H3/p+1/b11-9+,17-15+,23-21+,25-24+,32-30+. The van der Waals surface area contributed by atoms with Gasteiger partial charge in [0.1, 0.15) is 6.61 Å². The Balaban J connectivity index is 4.34. The van der Waals surface area contributed by atoms with Gasteiger partial charge in [-0.2, -0.15) is 0 Å². The van der Waals surface area contributed by atoms with Gasteiger partial charge in [0, 0.05) is 19.3 Å². The van der Waals surface area contributed by atoms with E-state index in [1.165, 1.54) is 89.9 Å². The van der Waals surface area contributed by atoms with Crippen molar-refractivity contribution >= 4 is 17.9 Å². The van der Waals surface area contributed by atoms with Crippen molar-refractivity contribution in [2.75, 3.05) is 41.0 Å². The lowest BCUT2D eigenvalue weighted by Crippen LogP contribution is -2.50. The number of likely N-dealkylation sites (N-methyl/N-ethyl adjacent to an activating group) is 1. The molecule has 8 nitrogen and oxygen atoms in total. The van der Waals surface area contributed by atoms with E-state index in [0.29, 0.717) is 12.8 Å². The lowest BCUT2D eigenvalue weighted by Gasteiger charge is -2.31. The molecule has 0 aliphatic carbocycles. The van der Waals surface area contributed by atoms with Crippen molar-refractivity contribution in [1.29, 1.82) is 0 Å². The molecular weight excluding hydrogens is 739 g/mol. The first kappa shape index (κ1) is 56.0. The minimum atomic E-state index is -0.882. The van der Waals surface area contributed by atoms with Gasteiger partial charge in [0.15, 0.2) is 12.1 Å². The molecule has 2 atom stereocenters. The van der Waals surface area contributed by atoms with Gasteiger partial charge in [-0.05, 0) is 77.0 Å². The lowest BCUT2D eigenvalue weighted by atomic mass is 10.1. The summed E-state index contributed by atoms with van der Waals surface area (Å²) in [5.74, 6) is -1.51. The Morgan fingerprint density at radius 2 is 0.949 bits per heavy atom. The highest BCUT2D eigenvalue weighted by molar-refractivity contribution is 5.72. The molecule has 0 rings (SSSR count). The molecule has 0 aromatic heterocycles. The Kier molecular flexibility index (Phi) is 39.6. The van der Waals surface area contributed by atoms with Crippen LogP contribution in [-0.2, 0) is 28.6 Å². The number of esters is 2. The van der Waals surface area contributed by atoms with Crippen molar-refractivity contribution in [3.63, 3.8) is 0 Å². The number of nitrogens with zero attached hydrogens (tertiary/aromatic N) is 1. The van der Waals surface area contributed by atoms with Gasteiger partial charge in [-0.1, -0.05) is 158 Å². The number of unbranched alkanes of at least 4 members (excludes halogenated alkanes) is 18. The number of hydrogen-bond donors (Lipinski definition) is 1. The zero-order chi connectivity index (χ0) is 43.5. The molecule has 0 bridgehead atoms. The monoisotopic (exact) mass is 829 g/mol. The van der Waals surface area contributed by atoms with Gasteiger partial charge >= 0.3 is 17.9 Å². The summed E-state index contributed by atoms with van der Waals surface area (Å²) >= 11 is 0. The Hall–Kier alpha value is -2.97. The van der Waals surface area contributed by atoms with Crippen LogP contribution >= 0.6 is 0 Å². The number of carbonyl (C=O) groups is 3. The first-order valence-electron chi connectivity index (χ1n) is 23.8. The number of aliphatic carboxylic acids is 1. The quantitative estimate of drug-likeness (QED) is 0.0283. The van der Waals surface area contributed by atoms with E-state index in [0.717, 1.165) is 70.6 Å². The normalized spacial score (nSPS) is 13.4. The molecule has 0 amide bonds. The molecule has 0 spiro atoms. The van der Waals surface area contributed by atoms with Crippen LogP contribution in [0.3, 0.4) is 0 Å². The van der Waals surface area contributed by atoms with Crippen LogP contribution < -0.4 is 0 Å². The van der Waals surface area contributed by atoms with E-state index in [4.69, 9.17) is 14.2 Å². The molecule has 340 valence electrons. The Labute approximate surface area is 362 Å². The predicted molar refractivity (Wildman–Crippen MR) is 247 cm³/mol. The summed E-state index contributed by atoms with van der Waals surface area (Å²) < 4.78 is 17.3. The third kappa shape index (κ3) is 40.2. The Bertz CT molecular complexity index is 1150. The van der Waals surface area contributed by atoms with Crippen LogP contribution in [0.2, 0.25) is 0 Å². The van der Waals surface area contributed by atoms with E-state index < -0.39 is 18.1 Å². The number of hydrogen-bond acceptors (Lipinski definition) is 6. The van der Waals surface area contributed by atoms with Crippen LogP contribution in [0.25, 0.3) is 0 Å². The smallest absolute Gasteiger partial charge is 0.362 e. The van der Waals surface area contributed by atoms with E-state index in [1.54, 1.807) is 0 Å². The van der Waals surface area contributed by atoms with Crippen molar-refractivity contribution in [3.05, 3.63) is 60.8 Å². The van der Waals surface area contributed by atoms with Gasteiger partial charge in [-0.25, -0.2) is 4.79 Å². The van der Waals surface area contributed by atoms with E-state index in [-0.39, 0.29) is 42.7 Å². The summed E-state index contributed by atoms with van der Waals surface area (Å²) in [4.78, 5) is 37.1. The molecule has 0 fully saturated rings. The second-order valence-corrected chi connectivity index (χ2v) is 17.0. The maximum Gasteiger partial charge on any atom is 0.362 e. The number of carboxylic acid groups (broad SMARTS) is 1. The average Bonchev–Trinajstić information content (AvgIpc) is 3.19. The van der Waals surface area contributed by atoms with Gasteiger partial charge in [-0.3, -0.25) is 9.59 Å². The molecule has 0 aliphatic heterocycles. The molecule has 0 saturated heterocycles. The SMILES string of the molecule is CC/C=C/C/C=C/C/C=C/C/C=C/CCCCCC(=O)OC(COCCC(C(=O)O)[N+](C)(C)C)COC(=O)CCCCCCCCC/C=C/CCCCCCCCCC. The average molecular weight is 829 g/mol. The van der Waals surface area contributed by atoms with Gasteiger partial charge in [0.25, 0.3) is 0 Å². The molecule has 0 aliphatic rings. The topological polar surface area (TPSA) is 99.1 Å². The van der Waals surface area contributed by atoms with Gasteiger partial charge in [0.05, 0.1) is 34.4 Å². The Morgan fingerprint density at radius 1 is 0.525 bits per heavy atom. The largest absolute Gasteiger partial charge is 0.477 e. The summed E-state index contributed by atoms with van der Waals surface area (Å²) in [5.41, 5.74) is 0. The molecule has 0 radical (unpaired) electrons. The third-order valence-corrected chi connectivity index (χ3v) is 10.4. The summed E-state index contributed by atoms with van der Waals surface area (Å²) in [6, 6.07) is -0.623. The number of carboxylic acids is 1. The van der Waals surface area contributed by atoms with E-state index >= 15 is 0 Å². The first-order valence-corrected chi connectivity index (χ1v) is 23.8. The molecule has 59 heavy (non-hydrogen) atoms. The van der Waals surface area contributed by atoms with Crippen molar-refractivity contribution in [2.24, 2.45) is 0 Å². The molecule has 0 saturated carbocycles. The van der Waals surface area contributed by atoms with Crippen LogP contribution in [0.4, 0.5) is 0 Å². The maximum absolute atomic E-state index is 12.7. The van der Waals surface area contributed by atoms with Crippen molar-refractivity contribution < 1.29 is 38.2 Å². The highest BCUT2D eigenvalue weighted by Crippen LogP contribution is 2.14. The fourth-order valence-electron chi connectivity index (χ4n) is 6.72. The van der Waals surface area contributed by atoms with Gasteiger partial charge < -0.3 is 23.8 Å². The molecule has 0 aromatic rings. The number of allylic oxidation sites excluding steroid dienone is 10. The molecule has 1 N–H and O–H groups in total. The van der Waals surface area contributed by atoms with Crippen LogP contribution in [0.1, 0.15) is 194 Å². The minimum Gasteiger partial charge on any atom is -0.477 e. The van der Waals surface area contributed by atoms with Crippen molar-refractivity contribution in [3.8, 4) is 0 Å².